The Morgan fingerprint density at radius 1 is 1.06 bits per heavy atom. The first-order chi connectivity index (χ1) is 16.5. The molecule has 0 bridgehead atoms. The van der Waals surface area contributed by atoms with Gasteiger partial charge in [0, 0.05) is 22.9 Å². The van der Waals surface area contributed by atoms with Gasteiger partial charge in [0.25, 0.3) is 0 Å². The smallest absolute Gasteiger partial charge is 0.229 e. The molecule has 176 valence electrons. The lowest BCUT2D eigenvalue weighted by atomic mass is 9.98. The van der Waals surface area contributed by atoms with E-state index in [0.717, 1.165) is 25.9 Å². The molecule has 0 amide bonds. The van der Waals surface area contributed by atoms with E-state index in [1.54, 1.807) is 37.4 Å². The van der Waals surface area contributed by atoms with Crippen molar-refractivity contribution in [2.24, 2.45) is 0 Å². The second-order valence-corrected chi connectivity index (χ2v) is 8.76. The Hall–Kier alpha value is -3.14. The molecule has 11 heteroatoms. The molecular weight excluding hydrogens is 479 g/mol. The van der Waals surface area contributed by atoms with Crippen molar-refractivity contribution in [2.45, 2.75) is 25.4 Å². The molecule has 0 radical (unpaired) electrons. The second-order valence-electron chi connectivity index (χ2n) is 7.94. The number of benzene rings is 2. The van der Waals surface area contributed by atoms with Gasteiger partial charge in [-0.05, 0) is 50.2 Å². The standard InChI is InChI=1S/C23H22Cl2N6O3/c1-32-18-9-14-17(28-22(30-21(14)26)13-2-3-15(24)16(25)8-13)10-19(18)33-11-20-29-23(34-31-20)12-4-6-27-7-5-12/h2-3,8-10,12,27H,4-7,11H2,1H3,(H2,26,28,30). The first kappa shape index (κ1) is 22.6. The van der Waals surface area contributed by atoms with E-state index in [1.165, 1.54) is 0 Å². The molecule has 3 heterocycles. The largest absolute Gasteiger partial charge is 0.493 e. The zero-order chi connectivity index (χ0) is 23.7. The number of nitrogens with two attached hydrogens (primary N) is 1. The maximum Gasteiger partial charge on any atom is 0.229 e. The highest BCUT2D eigenvalue weighted by Gasteiger charge is 2.22. The van der Waals surface area contributed by atoms with E-state index in [4.69, 9.17) is 42.9 Å². The normalized spacial score (nSPS) is 14.4. The molecule has 1 fully saturated rings. The number of aromatic nitrogens is 4. The fourth-order valence-corrected chi connectivity index (χ4v) is 4.20. The number of rotatable bonds is 6. The molecule has 2 aromatic heterocycles. The summed E-state index contributed by atoms with van der Waals surface area (Å²) in [7, 11) is 1.55. The van der Waals surface area contributed by atoms with Gasteiger partial charge < -0.3 is 25.0 Å². The summed E-state index contributed by atoms with van der Waals surface area (Å²) in [6.07, 6.45) is 1.95. The van der Waals surface area contributed by atoms with Crippen molar-refractivity contribution in [2.75, 3.05) is 25.9 Å². The van der Waals surface area contributed by atoms with E-state index >= 15 is 0 Å². The number of nitrogens with one attached hydrogen (secondary N) is 1. The van der Waals surface area contributed by atoms with E-state index in [1.807, 2.05) is 0 Å². The minimum absolute atomic E-state index is 0.122. The fraction of sp³-hybridized carbons (Fsp3) is 0.304. The molecule has 2 aromatic carbocycles. The number of ether oxygens (including phenoxy) is 2. The Morgan fingerprint density at radius 3 is 2.65 bits per heavy atom. The Kier molecular flexibility index (Phi) is 6.40. The zero-order valence-corrected chi connectivity index (χ0v) is 19.9. The van der Waals surface area contributed by atoms with Gasteiger partial charge in [-0.25, -0.2) is 9.97 Å². The molecule has 3 N–H and O–H groups in total. The second kappa shape index (κ2) is 9.61. The molecule has 1 saturated heterocycles. The lowest BCUT2D eigenvalue weighted by Crippen LogP contribution is -2.26. The van der Waals surface area contributed by atoms with E-state index in [0.29, 0.717) is 61.4 Å². The van der Waals surface area contributed by atoms with Crippen molar-refractivity contribution in [3.63, 3.8) is 0 Å². The quantitative estimate of drug-likeness (QED) is 0.390. The molecule has 0 spiro atoms. The van der Waals surface area contributed by atoms with Gasteiger partial charge in [0.2, 0.25) is 11.7 Å². The van der Waals surface area contributed by atoms with Crippen LogP contribution in [0.25, 0.3) is 22.3 Å². The average molecular weight is 501 g/mol. The number of nitrogen functional groups attached to an aromatic ring is 1. The van der Waals surface area contributed by atoms with E-state index in [-0.39, 0.29) is 12.5 Å². The van der Waals surface area contributed by atoms with Crippen LogP contribution in [0, 0.1) is 0 Å². The minimum Gasteiger partial charge on any atom is -0.493 e. The summed E-state index contributed by atoms with van der Waals surface area (Å²) >= 11 is 12.2. The lowest BCUT2D eigenvalue weighted by molar-refractivity contribution is 0.267. The first-order valence-corrected chi connectivity index (χ1v) is 11.5. The van der Waals surface area contributed by atoms with Crippen LogP contribution in [0.15, 0.2) is 34.9 Å². The third kappa shape index (κ3) is 4.59. The Morgan fingerprint density at radius 2 is 1.88 bits per heavy atom. The maximum atomic E-state index is 6.23. The molecule has 0 unspecified atom stereocenters. The summed E-state index contributed by atoms with van der Waals surface area (Å²) in [6.45, 7) is 2.02. The number of piperidine rings is 1. The van der Waals surface area contributed by atoms with Crippen LogP contribution < -0.4 is 20.5 Å². The molecule has 4 aromatic rings. The molecule has 1 aliphatic rings. The summed E-state index contributed by atoms with van der Waals surface area (Å²) in [5.41, 5.74) is 7.51. The summed E-state index contributed by atoms with van der Waals surface area (Å²) in [6, 6.07) is 8.67. The number of fused-ring (bicyclic) bond motifs is 1. The highest BCUT2D eigenvalue weighted by Crippen LogP contribution is 2.36. The van der Waals surface area contributed by atoms with E-state index in [2.05, 4.69) is 25.4 Å². The van der Waals surface area contributed by atoms with Gasteiger partial charge in [0.05, 0.1) is 22.7 Å². The monoisotopic (exact) mass is 500 g/mol. The Labute approximate surface area is 205 Å². The van der Waals surface area contributed by atoms with Crippen molar-refractivity contribution >= 4 is 39.9 Å². The zero-order valence-electron chi connectivity index (χ0n) is 18.3. The predicted molar refractivity (Wildman–Crippen MR) is 129 cm³/mol. The number of halogens is 2. The van der Waals surface area contributed by atoms with Crippen LogP contribution in [-0.4, -0.2) is 40.3 Å². The van der Waals surface area contributed by atoms with Gasteiger partial charge in [-0.1, -0.05) is 28.4 Å². The van der Waals surface area contributed by atoms with Crippen LogP contribution in [0.5, 0.6) is 11.5 Å². The van der Waals surface area contributed by atoms with Crippen molar-refractivity contribution in [1.82, 2.24) is 25.4 Å². The van der Waals surface area contributed by atoms with Crippen LogP contribution in [-0.2, 0) is 6.61 Å². The Bertz CT molecular complexity index is 1340. The summed E-state index contributed by atoms with van der Waals surface area (Å²) in [5.74, 6) is 3.09. The van der Waals surface area contributed by atoms with Gasteiger partial charge >= 0.3 is 0 Å². The van der Waals surface area contributed by atoms with Gasteiger partial charge in [-0.3, -0.25) is 0 Å². The van der Waals surface area contributed by atoms with Crippen molar-refractivity contribution < 1.29 is 14.0 Å². The number of anilines is 1. The SMILES string of the molecule is COc1cc2c(N)nc(-c3ccc(Cl)c(Cl)c3)nc2cc1OCc1noc(C2CCNCC2)n1. The van der Waals surface area contributed by atoms with Crippen LogP contribution in [0.3, 0.4) is 0 Å². The first-order valence-electron chi connectivity index (χ1n) is 10.8. The third-order valence-electron chi connectivity index (χ3n) is 5.72. The Balaban J connectivity index is 1.42. The van der Waals surface area contributed by atoms with Crippen LogP contribution in [0.2, 0.25) is 10.0 Å². The molecule has 5 rings (SSSR count). The van der Waals surface area contributed by atoms with Crippen LogP contribution >= 0.6 is 23.2 Å². The molecular formula is C23H22Cl2N6O3. The van der Waals surface area contributed by atoms with Crippen LogP contribution in [0.1, 0.15) is 30.5 Å². The van der Waals surface area contributed by atoms with E-state index < -0.39 is 0 Å². The summed E-state index contributed by atoms with van der Waals surface area (Å²) < 4.78 is 16.9. The average Bonchev–Trinajstić information content (AvgIpc) is 3.33. The summed E-state index contributed by atoms with van der Waals surface area (Å²) in [5, 5.41) is 8.89. The molecule has 0 saturated carbocycles. The highest BCUT2D eigenvalue weighted by atomic mass is 35.5. The predicted octanol–water partition coefficient (Wildman–Crippen LogP) is 4.62. The highest BCUT2D eigenvalue weighted by molar-refractivity contribution is 6.42. The van der Waals surface area contributed by atoms with Crippen molar-refractivity contribution in [3.05, 3.63) is 52.1 Å². The molecule has 0 atom stereocenters. The topological polar surface area (TPSA) is 121 Å². The van der Waals surface area contributed by atoms with Gasteiger partial charge in [0.15, 0.2) is 23.9 Å². The summed E-state index contributed by atoms with van der Waals surface area (Å²) in [4.78, 5) is 13.6. The number of hydrogen-bond donors (Lipinski definition) is 2. The van der Waals surface area contributed by atoms with Gasteiger partial charge in [0.1, 0.15) is 5.82 Å². The number of methoxy groups -OCH3 is 1. The molecule has 9 nitrogen and oxygen atoms in total. The van der Waals surface area contributed by atoms with E-state index in [9.17, 15) is 0 Å². The molecule has 0 aliphatic carbocycles. The lowest BCUT2D eigenvalue weighted by Gasteiger charge is -2.18. The minimum atomic E-state index is 0.122. The fourth-order valence-electron chi connectivity index (χ4n) is 3.90. The molecule has 34 heavy (non-hydrogen) atoms. The third-order valence-corrected chi connectivity index (χ3v) is 6.46. The number of hydrogen-bond acceptors (Lipinski definition) is 9. The van der Waals surface area contributed by atoms with Crippen molar-refractivity contribution in [3.8, 4) is 22.9 Å². The van der Waals surface area contributed by atoms with Crippen molar-refractivity contribution in [1.29, 1.82) is 0 Å². The van der Waals surface area contributed by atoms with Gasteiger partial charge in [-0.15, -0.1) is 0 Å². The number of nitrogens with zero attached hydrogens (tertiary/aromatic N) is 4. The van der Waals surface area contributed by atoms with Crippen LogP contribution in [0.4, 0.5) is 5.82 Å². The molecule has 1 aliphatic heterocycles. The maximum absolute atomic E-state index is 6.23. The van der Waals surface area contributed by atoms with Gasteiger partial charge in [-0.2, -0.15) is 4.98 Å².